The molecule has 1 aliphatic heterocycles. The largest absolute Gasteiger partial charge is 0.492 e. The Morgan fingerprint density at radius 3 is 2.50 bits per heavy atom. The summed E-state index contributed by atoms with van der Waals surface area (Å²) in [5.41, 5.74) is 4.28. The molecule has 5 rings (SSSR count). The van der Waals surface area contributed by atoms with Crippen molar-refractivity contribution in [1.82, 2.24) is 9.55 Å². The molecule has 1 amide bonds. The van der Waals surface area contributed by atoms with Gasteiger partial charge < -0.3 is 14.2 Å². The zero-order valence-electron chi connectivity index (χ0n) is 18.3. The second kappa shape index (κ2) is 8.87. The smallest absolute Gasteiger partial charge is 0.227 e. The number of carbonyl (C=O) groups excluding carboxylic acids is 1. The molecule has 1 atom stereocenters. The monoisotopic (exact) mass is 425 g/mol. The summed E-state index contributed by atoms with van der Waals surface area (Å²) in [5, 5.41) is 0. The van der Waals surface area contributed by atoms with Crippen molar-refractivity contribution >= 4 is 22.6 Å². The van der Waals surface area contributed by atoms with Crippen LogP contribution in [0.1, 0.15) is 30.7 Å². The lowest BCUT2D eigenvalue weighted by molar-refractivity contribution is -0.117. The van der Waals surface area contributed by atoms with Gasteiger partial charge in [0.05, 0.1) is 17.6 Å². The van der Waals surface area contributed by atoms with Crippen LogP contribution >= 0.6 is 0 Å². The first-order valence-electron chi connectivity index (χ1n) is 11.2. The minimum atomic E-state index is 0.0532. The number of imidazole rings is 1. The fourth-order valence-corrected chi connectivity index (χ4v) is 4.45. The number of aryl methyl sites for hydroxylation is 1. The number of aromatic nitrogens is 2. The number of benzene rings is 3. The van der Waals surface area contributed by atoms with Crippen molar-refractivity contribution in [3.05, 3.63) is 90.3 Å². The molecule has 0 saturated carbocycles. The number of anilines is 1. The van der Waals surface area contributed by atoms with Gasteiger partial charge in [0.1, 0.15) is 18.2 Å². The SMILES string of the molecule is CCc1ccc(N2CC(c3nc4ccccc4n3CCOc3ccccc3)CC2=O)cc1. The van der Waals surface area contributed by atoms with E-state index in [9.17, 15) is 4.79 Å². The number of rotatable bonds is 7. The van der Waals surface area contributed by atoms with Crippen LogP contribution < -0.4 is 9.64 Å². The number of fused-ring (bicyclic) bond motifs is 1. The maximum atomic E-state index is 12.9. The first kappa shape index (κ1) is 20.3. The minimum Gasteiger partial charge on any atom is -0.492 e. The van der Waals surface area contributed by atoms with Crippen molar-refractivity contribution < 1.29 is 9.53 Å². The van der Waals surface area contributed by atoms with Crippen molar-refractivity contribution in [2.24, 2.45) is 0 Å². The molecule has 0 bridgehead atoms. The summed E-state index contributed by atoms with van der Waals surface area (Å²) in [7, 11) is 0. The standard InChI is InChI=1S/C27H27N3O2/c1-2-20-12-14-22(15-13-20)30-19-21(18-26(30)31)27-28-24-10-6-7-11-25(24)29(27)16-17-32-23-8-4-3-5-9-23/h3-15,21H,2,16-19H2,1H3. The van der Waals surface area contributed by atoms with E-state index in [0.717, 1.165) is 34.7 Å². The van der Waals surface area contributed by atoms with E-state index < -0.39 is 0 Å². The van der Waals surface area contributed by atoms with E-state index in [1.165, 1.54) is 5.56 Å². The fourth-order valence-electron chi connectivity index (χ4n) is 4.45. The van der Waals surface area contributed by atoms with Gasteiger partial charge in [0.2, 0.25) is 5.91 Å². The molecular formula is C27H27N3O2. The molecule has 0 aliphatic carbocycles. The number of hydrogen-bond donors (Lipinski definition) is 0. The van der Waals surface area contributed by atoms with E-state index >= 15 is 0 Å². The van der Waals surface area contributed by atoms with Crippen molar-refractivity contribution in [2.45, 2.75) is 32.2 Å². The van der Waals surface area contributed by atoms with E-state index in [0.29, 0.717) is 26.1 Å². The Kier molecular flexibility index (Phi) is 5.63. The summed E-state index contributed by atoms with van der Waals surface area (Å²) in [5.74, 6) is 2.02. The van der Waals surface area contributed by atoms with Gasteiger partial charge in [-0.2, -0.15) is 0 Å². The second-order valence-corrected chi connectivity index (χ2v) is 8.20. The predicted octanol–water partition coefficient (Wildman–Crippen LogP) is 5.20. The molecule has 32 heavy (non-hydrogen) atoms. The van der Waals surface area contributed by atoms with Crippen molar-refractivity contribution in [3.63, 3.8) is 0 Å². The zero-order chi connectivity index (χ0) is 21.9. The summed E-state index contributed by atoms with van der Waals surface area (Å²) in [6, 6.07) is 26.3. The van der Waals surface area contributed by atoms with Gasteiger partial charge in [-0.15, -0.1) is 0 Å². The number of ether oxygens (including phenoxy) is 1. The molecule has 1 fully saturated rings. The highest BCUT2D eigenvalue weighted by Crippen LogP contribution is 2.33. The zero-order valence-corrected chi connectivity index (χ0v) is 18.3. The molecule has 2 heterocycles. The average molecular weight is 426 g/mol. The van der Waals surface area contributed by atoms with Crippen LogP contribution in [0.5, 0.6) is 5.75 Å². The van der Waals surface area contributed by atoms with Gasteiger partial charge >= 0.3 is 0 Å². The lowest BCUT2D eigenvalue weighted by atomic mass is 10.1. The van der Waals surface area contributed by atoms with Crippen LogP contribution in [0.3, 0.4) is 0 Å². The summed E-state index contributed by atoms with van der Waals surface area (Å²) >= 11 is 0. The number of nitrogens with zero attached hydrogens (tertiary/aromatic N) is 3. The van der Waals surface area contributed by atoms with Gasteiger partial charge in [-0.1, -0.05) is 49.4 Å². The third-order valence-corrected chi connectivity index (χ3v) is 6.16. The Morgan fingerprint density at radius 1 is 0.969 bits per heavy atom. The van der Waals surface area contributed by atoms with Gasteiger partial charge in [-0.25, -0.2) is 4.98 Å². The third-order valence-electron chi connectivity index (χ3n) is 6.16. The van der Waals surface area contributed by atoms with Crippen molar-refractivity contribution in [1.29, 1.82) is 0 Å². The maximum Gasteiger partial charge on any atom is 0.227 e. The Hall–Kier alpha value is -3.60. The van der Waals surface area contributed by atoms with Gasteiger partial charge in [0, 0.05) is 24.6 Å². The normalized spacial score (nSPS) is 16.1. The molecule has 1 aromatic heterocycles. The summed E-state index contributed by atoms with van der Waals surface area (Å²) < 4.78 is 8.18. The van der Waals surface area contributed by atoms with E-state index in [1.807, 2.05) is 53.4 Å². The van der Waals surface area contributed by atoms with Crippen LogP contribution in [0.2, 0.25) is 0 Å². The molecule has 5 heteroatoms. The highest BCUT2D eigenvalue weighted by molar-refractivity contribution is 5.96. The van der Waals surface area contributed by atoms with E-state index in [-0.39, 0.29) is 11.8 Å². The molecule has 5 nitrogen and oxygen atoms in total. The summed E-state index contributed by atoms with van der Waals surface area (Å²) in [4.78, 5) is 19.7. The van der Waals surface area contributed by atoms with E-state index in [2.05, 4.69) is 41.8 Å². The molecule has 4 aromatic rings. The van der Waals surface area contributed by atoms with Crippen LogP contribution in [0, 0.1) is 0 Å². The Bertz CT molecular complexity index is 1210. The quantitative estimate of drug-likeness (QED) is 0.409. The molecule has 1 aliphatic rings. The van der Waals surface area contributed by atoms with E-state index in [4.69, 9.17) is 9.72 Å². The Morgan fingerprint density at radius 2 is 1.72 bits per heavy atom. The Balaban J connectivity index is 1.39. The van der Waals surface area contributed by atoms with Crippen LogP contribution in [0.15, 0.2) is 78.9 Å². The van der Waals surface area contributed by atoms with Crippen LogP contribution in [0.25, 0.3) is 11.0 Å². The Labute approximate surface area is 188 Å². The third kappa shape index (κ3) is 3.98. The minimum absolute atomic E-state index is 0.0532. The number of hydrogen-bond acceptors (Lipinski definition) is 3. The number of carbonyl (C=O) groups is 1. The first-order chi connectivity index (χ1) is 15.7. The summed E-state index contributed by atoms with van der Waals surface area (Å²) in [6.45, 7) is 4.01. The average Bonchev–Trinajstić information content (AvgIpc) is 3.40. The maximum absolute atomic E-state index is 12.9. The van der Waals surface area contributed by atoms with Gasteiger partial charge in [0.25, 0.3) is 0 Å². The number of amides is 1. The molecule has 0 spiro atoms. The van der Waals surface area contributed by atoms with Crippen LogP contribution in [-0.4, -0.2) is 28.6 Å². The van der Waals surface area contributed by atoms with Gasteiger partial charge in [-0.05, 0) is 48.4 Å². The van der Waals surface area contributed by atoms with Crippen molar-refractivity contribution in [3.8, 4) is 5.75 Å². The number of para-hydroxylation sites is 3. The molecule has 0 radical (unpaired) electrons. The molecule has 0 N–H and O–H groups in total. The second-order valence-electron chi connectivity index (χ2n) is 8.20. The predicted molar refractivity (Wildman–Crippen MR) is 127 cm³/mol. The lowest BCUT2D eigenvalue weighted by Gasteiger charge is -2.18. The van der Waals surface area contributed by atoms with Crippen LogP contribution in [0.4, 0.5) is 5.69 Å². The summed E-state index contributed by atoms with van der Waals surface area (Å²) in [6.07, 6.45) is 1.46. The molecular weight excluding hydrogens is 398 g/mol. The molecule has 1 saturated heterocycles. The topological polar surface area (TPSA) is 47.4 Å². The molecule has 3 aromatic carbocycles. The van der Waals surface area contributed by atoms with Gasteiger partial charge in [-0.3, -0.25) is 4.79 Å². The lowest BCUT2D eigenvalue weighted by Crippen LogP contribution is -2.24. The van der Waals surface area contributed by atoms with Crippen molar-refractivity contribution in [2.75, 3.05) is 18.1 Å². The fraction of sp³-hybridized carbons (Fsp3) is 0.259. The van der Waals surface area contributed by atoms with Crippen LogP contribution in [-0.2, 0) is 17.8 Å². The first-order valence-corrected chi connectivity index (χ1v) is 11.2. The van der Waals surface area contributed by atoms with E-state index in [1.54, 1.807) is 0 Å². The molecule has 162 valence electrons. The highest BCUT2D eigenvalue weighted by atomic mass is 16.5. The highest BCUT2D eigenvalue weighted by Gasteiger charge is 2.34. The van der Waals surface area contributed by atoms with Gasteiger partial charge in [0.15, 0.2) is 0 Å². The molecule has 1 unspecified atom stereocenters.